The normalized spacial score (nSPS) is 25.1. The summed E-state index contributed by atoms with van der Waals surface area (Å²) in [5, 5.41) is 13.9. The molecule has 3 heterocycles. The minimum Gasteiger partial charge on any atom is -0.481 e. The number of aryl methyl sites for hydroxylation is 1. The number of halogens is 2. The molecule has 2 aliphatic heterocycles. The van der Waals surface area contributed by atoms with Crippen molar-refractivity contribution in [3.05, 3.63) is 45.1 Å². The van der Waals surface area contributed by atoms with Crippen LogP contribution in [0.25, 0.3) is 0 Å². The molecule has 2 saturated heterocycles. The van der Waals surface area contributed by atoms with Gasteiger partial charge in [-0.3, -0.25) is 4.79 Å². The Balaban J connectivity index is 1.18. The van der Waals surface area contributed by atoms with Gasteiger partial charge in [0.15, 0.2) is 0 Å². The fourth-order valence-corrected chi connectivity index (χ4v) is 6.07. The molecule has 1 saturated carbocycles. The molecular weight excluding hydrogens is 485 g/mol. The average Bonchev–Trinajstić information content (AvgIpc) is 2.74. The zero-order chi connectivity index (χ0) is 24.7. The third kappa shape index (κ3) is 5.23. The number of aliphatic carboxylic acids is 1. The molecule has 1 unspecified atom stereocenters. The van der Waals surface area contributed by atoms with Crippen molar-refractivity contribution < 1.29 is 9.90 Å². The Morgan fingerprint density at radius 2 is 1.91 bits per heavy atom. The summed E-state index contributed by atoms with van der Waals surface area (Å²) in [6.45, 7) is 8.79. The van der Waals surface area contributed by atoms with Crippen molar-refractivity contribution in [2.24, 2.45) is 17.8 Å². The van der Waals surface area contributed by atoms with Crippen molar-refractivity contribution in [1.29, 1.82) is 0 Å². The number of carbonyl (C=O) groups is 1. The number of hydrogen-bond donors (Lipinski definition) is 2. The van der Waals surface area contributed by atoms with Crippen LogP contribution in [0.3, 0.4) is 0 Å². The van der Waals surface area contributed by atoms with Gasteiger partial charge in [-0.25, -0.2) is 4.98 Å². The van der Waals surface area contributed by atoms with E-state index in [0.29, 0.717) is 34.5 Å². The van der Waals surface area contributed by atoms with Crippen LogP contribution in [0.5, 0.6) is 0 Å². The van der Waals surface area contributed by atoms with Gasteiger partial charge in [0.25, 0.3) is 0 Å². The van der Waals surface area contributed by atoms with Gasteiger partial charge in [-0.05, 0) is 75.6 Å². The smallest absolute Gasteiger partial charge is 0.306 e. The fourth-order valence-electron chi connectivity index (χ4n) is 5.59. The first-order valence-corrected chi connectivity index (χ1v) is 13.3. The van der Waals surface area contributed by atoms with Crippen LogP contribution in [0, 0.1) is 31.6 Å². The van der Waals surface area contributed by atoms with E-state index in [2.05, 4.69) is 15.1 Å². The highest BCUT2D eigenvalue weighted by atomic mass is 35.5. The van der Waals surface area contributed by atoms with Gasteiger partial charge in [0, 0.05) is 53.5 Å². The van der Waals surface area contributed by atoms with Crippen LogP contribution in [-0.2, 0) is 11.3 Å². The van der Waals surface area contributed by atoms with Crippen molar-refractivity contribution >= 4 is 40.9 Å². The topological polar surface area (TPSA) is 81.6 Å². The number of nitrogens with one attached hydrogen (secondary N) is 1. The summed E-state index contributed by atoms with van der Waals surface area (Å²) in [6, 6.07) is 5.99. The minimum atomic E-state index is -0.636. The van der Waals surface area contributed by atoms with Crippen molar-refractivity contribution in [3.8, 4) is 0 Å². The number of aromatic nitrogens is 2. The monoisotopic (exact) mass is 517 g/mol. The Labute approximate surface area is 216 Å². The number of benzene rings is 1. The van der Waals surface area contributed by atoms with Gasteiger partial charge in [0.05, 0.1) is 5.92 Å². The largest absolute Gasteiger partial charge is 0.481 e. The zero-order valence-electron chi connectivity index (χ0n) is 20.3. The lowest BCUT2D eigenvalue weighted by molar-refractivity contribution is -0.147. The molecule has 2 aromatic rings. The molecule has 0 amide bonds. The molecule has 3 aliphatic rings. The van der Waals surface area contributed by atoms with Crippen LogP contribution in [-0.4, -0.2) is 58.2 Å². The molecule has 2 N–H and O–H groups in total. The highest BCUT2D eigenvalue weighted by Gasteiger charge is 2.42. The van der Waals surface area contributed by atoms with Crippen LogP contribution < -0.4 is 10.2 Å². The quantitative estimate of drug-likeness (QED) is 0.533. The average molecular weight is 518 g/mol. The van der Waals surface area contributed by atoms with Gasteiger partial charge >= 0.3 is 5.97 Å². The molecule has 7 nitrogen and oxygen atoms in total. The molecule has 5 rings (SSSR count). The predicted molar refractivity (Wildman–Crippen MR) is 139 cm³/mol. The van der Waals surface area contributed by atoms with Gasteiger partial charge in [-0.2, -0.15) is 4.98 Å². The predicted octanol–water partition coefficient (Wildman–Crippen LogP) is 5.02. The second kappa shape index (κ2) is 10.1. The molecule has 1 aliphatic carbocycles. The fraction of sp³-hybridized carbons (Fsp3) is 0.577. The molecule has 1 aromatic heterocycles. The maximum Gasteiger partial charge on any atom is 0.306 e. The molecule has 1 atom stereocenters. The summed E-state index contributed by atoms with van der Waals surface area (Å²) < 4.78 is 0. The number of nitrogens with zero attached hydrogens (tertiary/aromatic N) is 4. The van der Waals surface area contributed by atoms with Crippen LogP contribution in [0.15, 0.2) is 18.2 Å². The molecule has 0 radical (unpaired) electrons. The number of carboxylic acids is 1. The molecule has 9 heteroatoms. The third-order valence-electron chi connectivity index (χ3n) is 8.17. The lowest BCUT2D eigenvalue weighted by atomic mass is 9.76. The number of carboxylic acid groups (broad SMARTS) is 1. The third-order valence-corrected chi connectivity index (χ3v) is 8.75. The van der Waals surface area contributed by atoms with Gasteiger partial charge in [0.1, 0.15) is 5.82 Å². The molecule has 3 fully saturated rings. The zero-order valence-corrected chi connectivity index (χ0v) is 21.8. The Kier molecular flexibility index (Phi) is 7.11. The molecule has 0 spiro atoms. The maximum absolute atomic E-state index is 11.2. The molecule has 1 aromatic carbocycles. The highest BCUT2D eigenvalue weighted by Crippen LogP contribution is 2.38. The first-order chi connectivity index (χ1) is 16.8. The Hall–Kier alpha value is -2.09. The Morgan fingerprint density at radius 3 is 2.63 bits per heavy atom. The number of rotatable bonds is 7. The lowest BCUT2D eigenvalue weighted by Gasteiger charge is -2.50. The SMILES string of the molecule is Cc1nc(N2CC(C3CCCN(C4CC(C(=O)O)C4)C3)C2)nc(NCc2ccc(Cl)cc2Cl)c1C. The first-order valence-electron chi connectivity index (χ1n) is 12.5. The highest BCUT2D eigenvalue weighted by molar-refractivity contribution is 6.35. The van der Waals surface area contributed by atoms with E-state index in [1.165, 1.54) is 12.8 Å². The van der Waals surface area contributed by atoms with E-state index >= 15 is 0 Å². The lowest BCUT2D eigenvalue weighted by Crippen LogP contribution is -2.57. The van der Waals surface area contributed by atoms with Crippen LogP contribution in [0.2, 0.25) is 10.0 Å². The van der Waals surface area contributed by atoms with E-state index in [-0.39, 0.29) is 5.92 Å². The number of likely N-dealkylation sites (tertiary alicyclic amines) is 1. The Morgan fingerprint density at radius 1 is 1.14 bits per heavy atom. The molecule has 188 valence electrons. The second-order valence-corrected chi connectivity index (χ2v) is 11.2. The van der Waals surface area contributed by atoms with Crippen molar-refractivity contribution in [3.63, 3.8) is 0 Å². The maximum atomic E-state index is 11.2. The van der Waals surface area contributed by atoms with Crippen LogP contribution in [0.4, 0.5) is 11.8 Å². The Bertz CT molecular complexity index is 1100. The van der Waals surface area contributed by atoms with Gasteiger partial charge in [-0.15, -0.1) is 0 Å². The van der Waals surface area contributed by atoms with E-state index in [1.54, 1.807) is 6.07 Å². The van der Waals surface area contributed by atoms with E-state index < -0.39 is 5.97 Å². The number of hydrogen-bond acceptors (Lipinski definition) is 6. The van der Waals surface area contributed by atoms with E-state index in [1.807, 2.05) is 26.0 Å². The van der Waals surface area contributed by atoms with E-state index in [9.17, 15) is 9.90 Å². The summed E-state index contributed by atoms with van der Waals surface area (Å²) in [4.78, 5) is 25.6. The minimum absolute atomic E-state index is 0.139. The molecule has 35 heavy (non-hydrogen) atoms. The van der Waals surface area contributed by atoms with E-state index in [4.69, 9.17) is 33.2 Å². The van der Waals surface area contributed by atoms with Crippen molar-refractivity contribution in [1.82, 2.24) is 14.9 Å². The van der Waals surface area contributed by atoms with Crippen LogP contribution in [0.1, 0.15) is 42.5 Å². The van der Waals surface area contributed by atoms with Gasteiger partial charge < -0.3 is 20.2 Å². The summed E-state index contributed by atoms with van der Waals surface area (Å²) in [6.07, 6.45) is 4.09. The summed E-state index contributed by atoms with van der Waals surface area (Å²) in [7, 11) is 0. The number of piperidine rings is 1. The second-order valence-electron chi connectivity index (χ2n) is 10.4. The van der Waals surface area contributed by atoms with Crippen LogP contribution >= 0.6 is 23.2 Å². The standard InChI is InChI=1S/C26H33Cl2N5O2/c1-15-16(2)30-26(31-24(15)29-11-17-5-6-21(27)10-23(17)28)33-13-20(14-33)18-4-3-7-32(12-18)22-8-19(9-22)25(34)35/h5-6,10,18-20,22H,3-4,7-9,11-14H2,1-2H3,(H,34,35)(H,29,30,31). The van der Waals surface area contributed by atoms with E-state index in [0.717, 1.165) is 67.6 Å². The van der Waals surface area contributed by atoms with Gasteiger partial charge in [-0.1, -0.05) is 29.3 Å². The van der Waals surface area contributed by atoms with Crippen molar-refractivity contribution in [2.45, 2.75) is 52.1 Å². The summed E-state index contributed by atoms with van der Waals surface area (Å²) in [5.41, 5.74) is 2.99. The molecular formula is C26H33Cl2N5O2. The first kappa shape index (κ1) is 24.6. The molecule has 0 bridgehead atoms. The summed E-state index contributed by atoms with van der Waals surface area (Å²) in [5.74, 6) is 2.15. The number of anilines is 2. The summed E-state index contributed by atoms with van der Waals surface area (Å²) >= 11 is 12.4. The van der Waals surface area contributed by atoms with Crippen molar-refractivity contribution in [2.75, 3.05) is 36.4 Å². The van der Waals surface area contributed by atoms with Gasteiger partial charge in [0.2, 0.25) is 5.95 Å².